The molecule has 3 unspecified atom stereocenters. The molecular formula is C25H39N3O3S. The van der Waals surface area contributed by atoms with Crippen LogP contribution in [0.1, 0.15) is 39.2 Å². The highest BCUT2D eigenvalue weighted by Gasteiger charge is 2.34. The lowest BCUT2D eigenvalue weighted by Crippen LogP contribution is -2.47. The average molecular weight is 462 g/mol. The summed E-state index contributed by atoms with van der Waals surface area (Å²) in [5.41, 5.74) is 2.01. The van der Waals surface area contributed by atoms with Crippen LogP contribution in [-0.4, -0.2) is 63.9 Å². The molecule has 0 radical (unpaired) electrons. The van der Waals surface area contributed by atoms with E-state index in [4.69, 9.17) is 0 Å². The fourth-order valence-corrected chi connectivity index (χ4v) is 6.15. The van der Waals surface area contributed by atoms with Gasteiger partial charge in [0.05, 0.1) is 5.75 Å². The van der Waals surface area contributed by atoms with Crippen LogP contribution in [0.15, 0.2) is 42.0 Å². The van der Waals surface area contributed by atoms with Crippen LogP contribution >= 0.6 is 0 Å². The summed E-state index contributed by atoms with van der Waals surface area (Å²) in [7, 11) is -1.30. The van der Waals surface area contributed by atoms with Crippen LogP contribution in [0, 0.1) is 23.7 Å². The van der Waals surface area contributed by atoms with Gasteiger partial charge in [0.2, 0.25) is 15.9 Å². The molecule has 1 fully saturated rings. The molecule has 32 heavy (non-hydrogen) atoms. The van der Waals surface area contributed by atoms with Gasteiger partial charge in [-0.25, -0.2) is 13.1 Å². The summed E-state index contributed by atoms with van der Waals surface area (Å²) in [5, 5.41) is 0. The van der Waals surface area contributed by atoms with Crippen molar-refractivity contribution in [2.45, 2.75) is 39.4 Å². The van der Waals surface area contributed by atoms with Gasteiger partial charge in [0.15, 0.2) is 0 Å². The van der Waals surface area contributed by atoms with E-state index < -0.39 is 10.0 Å². The predicted octanol–water partition coefficient (Wildman–Crippen LogP) is 3.12. The van der Waals surface area contributed by atoms with Crippen molar-refractivity contribution >= 4 is 15.9 Å². The number of hydrogen-bond acceptors (Lipinski definition) is 4. The number of benzene rings is 1. The Morgan fingerprint density at radius 3 is 2.41 bits per heavy atom. The fraction of sp³-hybridized carbons (Fsp3) is 0.640. The first-order valence-electron chi connectivity index (χ1n) is 11.8. The lowest BCUT2D eigenvalue weighted by atomic mass is 9.70. The molecule has 6 nitrogen and oxygen atoms in total. The molecule has 3 atom stereocenters. The maximum absolute atomic E-state index is 12.9. The first kappa shape index (κ1) is 24.9. The topological polar surface area (TPSA) is 69.7 Å². The van der Waals surface area contributed by atoms with E-state index in [2.05, 4.69) is 43.5 Å². The molecule has 1 heterocycles. The van der Waals surface area contributed by atoms with Gasteiger partial charge in [0.1, 0.15) is 0 Å². The highest BCUT2D eigenvalue weighted by molar-refractivity contribution is 7.88. The first-order chi connectivity index (χ1) is 15.1. The highest BCUT2D eigenvalue weighted by atomic mass is 32.2. The second-order valence-electron chi connectivity index (χ2n) is 9.90. The monoisotopic (exact) mass is 461 g/mol. The summed E-state index contributed by atoms with van der Waals surface area (Å²) in [4.78, 5) is 17.2. The van der Waals surface area contributed by atoms with Crippen LogP contribution in [0.4, 0.5) is 0 Å². The largest absolute Gasteiger partial charge is 0.340 e. The van der Waals surface area contributed by atoms with E-state index in [0.29, 0.717) is 24.8 Å². The van der Waals surface area contributed by atoms with Crippen molar-refractivity contribution in [3.8, 4) is 0 Å². The quantitative estimate of drug-likeness (QED) is 0.604. The van der Waals surface area contributed by atoms with Gasteiger partial charge in [0, 0.05) is 39.1 Å². The number of carbonyl (C=O) groups excluding carboxylic acids is 1. The summed E-state index contributed by atoms with van der Waals surface area (Å²) >= 11 is 0. The van der Waals surface area contributed by atoms with E-state index in [1.165, 1.54) is 5.57 Å². The molecule has 1 amide bonds. The summed E-state index contributed by atoms with van der Waals surface area (Å²) in [6.07, 6.45) is 3.72. The highest BCUT2D eigenvalue weighted by Crippen LogP contribution is 2.39. The molecule has 178 valence electrons. The van der Waals surface area contributed by atoms with Crippen molar-refractivity contribution in [1.29, 1.82) is 0 Å². The van der Waals surface area contributed by atoms with Crippen molar-refractivity contribution < 1.29 is 13.2 Å². The summed E-state index contributed by atoms with van der Waals surface area (Å²) in [6.45, 7) is 10.4. The van der Waals surface area contributed by atoms with E-state index >= 15 is 0 Å². The van der Waals surface area contributed by atoms with Crippen molar-refractivity contribution in [1.82, 2.24) is 14.5 Å². The third-order valence-corrected chi connectivity index (χ3v) is 8.42. The second kappa shape index (κ2) is 10.9. The van der Waals surface area contributed by atoms with E-state index in [-0.39, 0.29) is 23.5 Å². The molecule has 7 heteroatoms. The van der Waals surface area contributed by atoms with E-state index in [9.17, 15) is 13.2 Å². The molecular weight excluding hydrogens is 422 g/mol. The molecule has 1 aromatic rings. The lowest BCUT2D eigenvalue weighted by Gasteiger charge is -2.38. The maximum Gasteiger partial charge on any atom is 0.223 e. The molecule has 0 saturated carbocycles. The SMILES string of the molecule is CC1=CC(CNS(=O)(=O)Cc2ccccc2)C(C(C)C)CC1CC(=O)N1CCN(C)CC1. The van der Waals surface area contributed by atoms with Crippen LogP contribution in [-0.2, 0) is 20.6 Å². The number of rotatable bonds is 8. The minimum Gasteiger partial charge on any atom is -0.340 e. The van der Waals surface area contributed by atoms with Gasteiger partial charge in [-0.2, -0.15) is 0 Å². The normalized spacial score (nSPS) is 25.1. The Kier molecular flexibility index (Phi) is 8.53. The van der Waals surface area contributed by atoms with Crippen molar-refractivity contribution in [3.05, 3.63) is 47.5 Å². The maximum atomic E-state index is 12.9. The van der Waals surface area contributed by atoms with Crippen molar-refractivity contribution in [2.24, 2.45) is 23.7 Å². The number of nitrogens with zero attached hydrogens (tertiary/aromatic N) is 2. The molecule has 1 aliphatic heterocycles. The van der Waals surface area contributed by atoms with Gasteiger partial charge in [0.25, 0.3) is 0 Å². The third-order valence-electron chi connectivity index (χ3n) is 7.10. The Morgan fingerprint density at radius 1 is 1.12 bits per heavy atom. The Hall–Kier alpha value is -1.70. The Morgan fingerprint density at radius 2 is 1.78 bits per heavy atom. The first-order valence-corrected chi connectivity index (χ1v) is 13.5. The second-order valence-corrected chi connectivity index (χ2v) is 11.7. The predicted molar refractivity (Wildman–Crippen MR) is 129 cm³/mol. The number of amides is 1. The molecule has 3 rings (SSSR count). The minimum atomic E-state index is -3.40. The molecule has 1 aromatic carbocycles. The van der Waals surface area contributed by atoms with Gasteiger partial charge < -0.3 is 9.80 Å². The molecule has 0 spiro atoms. The molecule has 0 aromatic heterocycles. The van der Waals surface area contributed by atoms with Crippen LogP contribution in [0.5, 0.6) is 0 Å². The molecule has 1 aliphatic carbocycles. The van der Waals surface area contributed by atoms with Crippen LogP contribution < -0.4 is 4.72 Å². The Balaban J connectivity index is 1.61. The number of nitrogens with one attached hydrogen (secondary N) is 1. The number of sulfonamides is 1. The average Bonchev–Trinajstić information content (AvgIpc) is 2.74. The number of allylic oxidation sites excluding steroid dienone is 1. The number of piperazine rings is 1. The number of hydrogen-bond donors (Lipinski definition) is 1. The van der Waals surface area contributed by atoms with E-state index in [0.717, 1.165) is 38.2 Å². The van der Waals surface area contributed by atoms with Gasteiger partial charge >= 0.3 is 0 Å². The van der Waals surface area contributed by atoms with Crippen molar-refractivity contribution in [3.63, 3.8) is 0 Å². The zero-order valence-electron chi connectivity index (χ0n) is 20.0. The Bertz CT molecular complexity index is 890. The van der Waals surface area contributed by atoms with Gasteiger partial charge in [-0.3, -0.25) is 4.79 Å². The zero-order valence-corrected chi connectivity index (χ0v) is 20.8. The number of carbonyl (C=O) groups is 1. The lowest BCUT2D eigenvalue weighted by molar-refractivity contribution is -0.133. The smallest absolute Gasteiger partial charge is 0.223 e. The fourth-order valence-electron chi connectivity index (χ4n) is 4.97. The Labute approximate surface area is 194 Å². The summed E-state index contributed by atoms with van der Waals surface area (Å²) in [5.74, 6) is 1.41. The van der Waals surface area contributed by atoms with Gasteiger partial charge in [-0.15, -0.1) is 0 Å². The van der Waals surface area contributed by atoms with Crippen molar-refractivity contribution in [2.75, 3.05) is 39.8 Å². The molecule has 1 N–H and O–H groups in total. The number of likely N-dealkylation sites (N-methyl/N-ethyl adjacent to an activating group) is 1. The molecule has 2 aliphatic rings. The molecule has 1 saturated heterocycles. The van der Waals surface area contributed by atoms with Gasteiger partial charge in [-0.1, -0.05) is 55.8 Å². The van der Waals surface area contributed by atoms with Crippen LogP contribution in [0.25, 0.3) is 0 Å². The summed E-state index contributed by atoms with van der Waals surface area (Å²) in [6, 6.07) is 9.27. The van der Waals surface area contributed by atoms with Gasteiger partial charge in [-0.05, 0) is 49.6 Å². The van der Waals surface area contributed by atoms with Crippen LogP contribution in [0.3, 0.4) is 0 Å². The minimum absolute atomic E-state index is 0.00223. The standard InChI is InChI=1S/C25H39N3O3S/c1-19(2)24-15-22(16-25(29)28-12-10-27(4)11-13-28)20(3)14-23(24)17-26-32(30,31)18-21-8-6-5-7-9-21/h5-9,14,19,22-24,26H,10-13,15-18H2,1-4H3. The summed E-state index contributed by atoms with van der Waals surface area (Å²) < 4.78 is 28.1. The molecule has 0 bridgehead atoms. The van der Waals surface area contributed by atoms with E-state index in [1.54, 1.807) is 0 Å². The van der Waals surface area contributed by atoms with E-state index in [1.807, 2.05) is 35.2 Å². The zero-order chi connectivity index (χ0) is 23.3. The third kappa shape index (κ3) is 6.90. The van der Waals surface area contributed by atoms with Crippen LogP contribution in [0.2, 0.25) is 0 Å².